The Bertz CT molecular complexity index is 1080. The van der Waals surface area contributed by atoms with Crippen molar-refractivity contribution in [3.63, 3.8) is 0 Å². The second-order valence-corrected chi connectivity index (χ2v) is 7.06. The third-order valence-electron chi connectivity index (χ3n) is 5.00. The quantitative estimate of drug-likeness (QED) is 0.431. The van der Waals surface area contributed by atoms with Crippen LogP contribution in [0.1, 0.15) is 28.4 Å². The molecule has 1 amide bonds. The van der Waals surface area contributed by atoms with Crippen molar-refractivity contribution in [1.82, 2.24) is 0 Å². The largest absolute Gasteiger partial charge is 0.482 e. The van der Waals surface area contributed by atoms with Crippen LogP contribution in [0.4, 0.5) is 5.69 Å². The van der Waals surface area contributed by atoms with E-state index in [9.17, 15) is 14.4 Å². The fraction of sp³-hybridized carbons (Fsp3) is 0.160. The predicted molar refractivity (Wildman–Crippen MR) is 115 cm³/mol. The van der Waals surface area contributed by atoms with Crippen LogP contribution in [0.15, 0.2) is 84.9 Å². The molecule has 0 aromatic heterocycles. The number of carbonyl (C=O) groups excluding carboxylic acids is 3. The molecular formula is C25H21NO5. The highest BCUT2D eigenvalue weighted by molar-refractivity contribution is 6.01. The summed E-state index contributed by atoms with van der Waals surface area (Å²) in [7, 11) is 0. The molecule has 0 fully saturated rings. The molecule has 0 saturated heterocycles. The van der Waals surface area contributed by atoms with Crippen molar-refractivity contribution in [2.24, 2.45) is 0 Å². The molecule has 0 saturated carbocycles. The van der Waals surface area contributed by atoms with E-state index in [1.165, 1.54) is 4.90 Å². The minimum absolute atomic E-state index is 0.0501. The van der Waals surface area contributed by atoms with Gasteiger partial charge < -0.3 is 14.4 Å². The normalized spacial score (nSPS) is 13.7. The number of benzene rings is 3. The van der Waals surface area contributed by atoms with Gasteiger partial charge in [0, 0.05) is 17.7 Å². The third kappa shape index (κ3) is 4.64. The Hall–Kier alpha value is -3.93. The Kier molecular flexibility index (Phi) is 6.08. The van der Waals surface area contributed by atoms with E-state index in [-0.39, 0.29) is 31.3 Å². The van der Waals surface area contributed by atoms with Crippen LogP contribution in [0.3, 0.4) is 0 Å². The van der Waals surface area contributed by atoms with Crippen LogP contribution in [-0.2, 0) is 14.3 Å². The van der Waals surface area contributed by atoms with E-state index >= 15 is 0 Å². The molecule has 6 nitrogen and oxygen atoms in total. The first kappa shape index (κ1) is 20.3. The fourth-order valence-corrected chi connectivity index (χ4v) is 3.45. The molecule has 1 heterocycles. The van der Waals surface area contributed by atoms with Crippen molar-refractivity contribution in [2.45, 2.75) is 12.5 Å². The van der Waals surface area contributed by atoms with E-state index in [1.807, 2.05) is 18.2 Å². The Balaban J connectivity index is 1.48. The number of hydrogen-bond donors (Lipinski definition) is 0. The minimum atomic E-state index is -1.05. The summed E-state index contributed by atoms with van der Waals surface area (Å²) in [6.07, 6.45) is -1.10. The van der Waals surface area contributed by atoms with Crippen LogP contribution in [0, 0.1) is 0 Å². The van der Waals surface area contributed by atoms with Crippen molar-refractivity contribution < 1.29 is 23.9 Å². The Morgan fingerprint density at radius 1 is 0.903 bits per heavy atom. The van der Waals surface area contributed by atoms with Gasteiger partial charge in [0.15, 0.2) is 12.7 Å². The lowest BCUT2D eigenvalue weighted by molar-refractivity contribution is -0.147. The van der Waals surface area contributed by atoms with E-state index in [0.717, 1.165) is 0 Å². The van der Waals surface area contributed by atoms with Gasteiger partial charge in [-0.25, -0.2) is 0 Å². The van der Waals surface area contributed by atoms with E-state index in [1.54, 1.807) is 66.7 Å². The third-order valence-corrected chi connectivity index (χ3v) is 5.00. The number of hydrogen-bond acceptors (Lipinski definition) is 5. The maximum absolute atomic E-state index is 13.0. The van der Waals surface area contributed by atoms with Crippen LogP contribution in [-0.4, -0.2) is 30.8 Å². The highest BCUT2D eigenvalue weighted by Gasteiger charge is 2.28. The van der Waals surface area contributed by atoms with E-state index in [0.29, 0.717) is 22.6 Å². The van der Waals surface area contributed by atoms with E-state index in [4.69, 9.17) is 9.47 Å². The summed E-state index contributed by atoms with van der Waals surface area (Å²) in [6.45, 7) is 0.0598. The average molecular weight is 415 g/mol. The van der Waals surface area contributed by atoms with Crippen LogP contribution < -0.4 is 9.64 Å². The molecule has 1 atom stereocenters. The predicted octanol–water partition coefficient (Wildman–Crippen LogP) is 3.97. The zero-order chi connectivity index (χ0) is 21.6. The summed E-state index contributed by atoms with van der Waals surface area (Å²) in [6, 6.07) is 24.8. The summed E-state index contributed by atoms with van der Waals surface area (Å²) < 4.78 is 11.0. The molecule has 31 heavy (non-hydrogen) atoms. The summed E-state index contributed by atoms with van der Waals surface area (Å²) in [5.74, 6) is -0.494. The summed E-state index contributed by atoms with van der Waals surface area (Å²) in [4.78, 5) is 39.5. The molecule has 0 N–H and O–H groups in total. The highest BCUT2D eigenvalue weighted by Crippen LogP contribution is 2.31. The Labute approximate surface area is 180 Å². The van der Waals surface area contributed by atoms with E-state index in [2.05, 4.69) is 0 Å². The number of carbonyl (C=O) groups is 3. The number of ether oxygens (including phenoxy) is 2. The Morgan fingerprint density at radius 2 is 1.55 bits per heavy atom. The lowest BCUT2D eigenvalue weighted by atomic mass is 10.00. The van der Waals surface area contributed by atoms with Crippen molar-refractivity contribution in [2.75, 3.05) is 18.1 Å². The number of anilines is 1. The number of Topliss-reactive ketones (excluding diaryl/α,β-unsaturated/α-hetero) is 1. The summed E-state index contributed by atoms with van der Waals surface area (Å²) in [5.41, 5.74) is 1.67. The van der Waals surface area contributed by atoms with Gasteiger partial charge in [-0.3, -0.25) is 14.4 Å². The second-order valence-electron chi connectivity index (χ2n) is 7.06. The van der Waals surface area contributed by atoms with Gasteiger partial charge in [-0.2, -0.15) is 0 Å². The number of nitrogens with zero attached hydrogens (tertiary/aromatic N) is 1. The topological polar surface area (TPSA) is 72.9 Å². The van der Waals surface area contributed by atoms with Gasteiger partial charge >= 0.3 is 5.97 Å². The lowest BCUT2D eigenvalue weighted by Gasteiger charge is -2.29. The first-order valence-corrected chi connectivity index (χ1v) is 9.99. The maximum Gasteiger partial charge on any atom is 0.308 e. The van der Waals surface area contributed by atoms with Gasteiger partial charge in [-0.05, 0) is 12.1 Å². The fourth-order valence-electron chi connectivity index (χ4n) is 3.45. The maximum atomic E-state index is 13.0. The first-order valence-electron chi connectivity index (χ1n) is 9.99. The average Bonchev–Trinajstić information content (AvgIpc) is 2.82. The van der Waals surface area contributed by atoms with Crippen molar-refractivity contribution in [3.8, 4) is 5.75 Å². The van der Waals surface area contributed by atoms with Gasteiger partial charge in [0.2, 0.25) is 5.78 Å². The molecular weight excluding hydrogens is 394 g/mol. The molecule has 1 aliphatic heterocycles. The molecule has 6 heteroatoms. The zero-order valence-corrected chi connectivity index (χ0v) is 16.8. The molecule has 0 unspecified atom stereocenters. The number of para-hydroxylation sites is 2. The number of amides is 1. The van der Waals surface area contributed by atoms with Gasteiger partial charge in [-0.15, -0.1) is 0 Å². The second kappa shape index (κ2) is 9.26. The first-order chi connectivity index (χ1) is 15.1. The smallest absolute Gasteiger partial charge is 0.308 e. The van der Waals surface area contributed by atoms with Gasteiger partial charge in [-0.1, -0.05) is 72.8 Å². The number of rotatable bonds is 7. The molecule has 1 aliphatic rings. The Morgan fingerprint density at radius 3 is 2.29 bits per heavy atom. The lowest BCUT2D eigenvalue weighted by Crippen LogP contribution is -2.40. The molecule has 0 bridgehead atoms. The van der Waals surface area contributed by atoms with E-state index < -0.39 is 12.1 Å². The molecule has 0 spiro atoms. The highest BCUT2D eigenvalue weighted by atomic mass is 16.5. The van der Waals surface area contributed by atoms with Crippen LogP contribution in [0.5, 0.6) is 5.75 Å². The van der Waals surface area contributed by atoms with Crippen molar-refractivity contribution >= 4 is 23.3 Å². The monoisotopic (exact) mass is 415 g/mol. The molecule has 3 aromatic carbocycles. The molecule has 156 valence electrons. The zero-order valence-electron chi connectivity index (χ0n) is 16.8. The van der Waals surface area contributed by atoms with Crippen molar-refractivity contribution in [3.05, 3.63) is 96.1 Å². The van der Waals surface area contributed by atoms with Crippen molar-refractivity contribution in [1.29, 1.82) is 0 Å². The van der Waals surface area contributed by atoms with Gasteiger partial charge in [0.25, 0.3) is 5.91 Å². The molecule has 0 aliphatic carbocycles. The van der Waals surface area contributed by atoms with Gasteiger partial charge in [0.05, 0.1) is 12.1 Å². The molecule has 4 rings (SSSR count). The minimum Gasteiger partial charge on any atom is -0.482 e. The van der Waals surface area contributed by atoms with Crippen LogP contribution in [0.2, 0.25) is 0 Å². The van der Waals surface area contributed by atoms with Gasteiger partial charge in [0.1, 0.15) is 5.75 Å². The van der Waals surface area contributed by atoms with Crippen LogP contribution >= 0.6 is 0 Å². The number of esters is 1. The standard InChI is InChI=1S/C25H21NO5/c27-22-17-30-21-14-8-7-13-20(21)26(22)16-15-23(28)31-25(19-11-5-2-6-12-19)24(29)18-9-3-1-4-10-18/h1-14,25H,15-17H2/t25-/m1/s1. The molecule has 0 radical (unpaired) electrons. The molecule has 3 aromatic rings. The summed E-state index contributed by atoms with van der Waals surface area (Å²) in [5, 5.41) is 0. The number of ketones is 1. The SMILES string of the molecule is O=C(CCN1C(=O)COc2ccccc21)O[C@@H](C(=O)c1ccccc1)c1ccccc1. The number of fused-ring (bicyclic) bond motifs is 1. The van der Waals surface area contributed by atoms with Crippen LogP contribution in [0.25, 0.3) is 0 Å². The summed E-state index contributed by atoms with van der Waals surface area (Å²) >= 11 is 0.